The zero-order valence-electron chi connectivity index (χ0n) is 14.6. The van der Waals surface area contributed by atoms with Gasteiger partial charge in [-0.25, -0.2) is 4.98 Å². The number of aliphatic hydroxyl groups is 1. The number of aryl methyl sites for hydroxylation is 1. The standard InChI is InChI=1S/C17H23N5O3/c1-3-4-13-9-14(20-25-13)16(23)21(2)11-17(24)5-8-22(12-17)15-10-18-6-7-19-15/h6-7,9-10,24H,3-5,8,11-12H2,1-2H3/t17-/m0/s1. The lowest BCUT2D eigenvalue weighted by molar-refractivity contribution is 0.0260. The van der Waals surface area contributed by atoms with E-state index in [1.807, 2.05) is 11.8 Å². The summed E-state index contributed by atoms with van der Waals surface area (Å²) in [6.07, 6.45) is 7.15. The molecule has 0 radical (unpaired) electrons. The lowest BCUT2D eigenvalue weighted by atomic mass is 10.0. The summed E-state index contributed by atoms with van der Waals surface area (Å²) >= 11 is 0. The van der Waals surface area contributed by atoms with Gasteiger partial charge in [0.1, 0.15) is 17.2 Å². The van der Waals surface area contributed by atoms with Gasteiger partial charge in [0.05, 0.1) is 12.7 Å². The van der Waals surface area contributed by atoms with Crippen LogP contribution in [-0.2, 0) is 6.42 Å². The molecule has 3 rings (SSSR count). The molecule has 25 heavy (non-hydrogen) atoms. The molecule has 2 aromatic heterocycles. The molecule has 8 heteroatoms. The molecule has 0 saturated carbocycles. The minimum Gasteiger partial charge on any atom is -0.386 e. The topological polar surface area (TPSA) is 95.6 Å². The van der Waals surface area contributed by atoms with Crippen LogP contribution in [0.15, 0.2) is 29.2 Å². The summed E-state index contributed by atoms with van der Waals surface area (Å²) in [5, 5.41) is 14.7. The van der Waals surface area contributed by atoms with E-state index in [0.717, 1.165) is 18.7 Å². The molecule has 1 amide bonds. The van der Waals surface area contributed by atoms with E-state index in [4.69, 9.17) is 4.52 Å². The second-order valence-electron chi connectivity index (χ2n) is 6.55. The van der Waals surface area contributed by atoms with Crippen molar-refractivity contribution in [1.82, 2.24) is 20.0 Å². The van der Waals surface area contributed by atoms with Crippen LogP contribution in [0.1, 0.15) is 36.0 Å². The summed E-state index contributed by atoms with van der Waals surface area (Å²) in [6, 6.07) is 1.67. The second-order valence-corrected chi connectivity index (χ2v) is 6.55. The normalized spacial score (nSPS) is 20.0. The first kappa shape index (κ1) is 17.3. The first-order chi connectivity index (χ1) is 12.0. The summed E-state index contributed by atoms with van der Waals surface area (Å²) in [5.41, 5.74) is -0.712. The van der Waals surface area contributed by atoms with Gasteiger partial charge in [-0.2, -0.15) is 0 Å². The van der Waals surface area contributed by atoms with E-state index in [1.165, 1.54) is 4.90 Å². The summed E-state index contributed by atoms with van der Waals surface area (Å²) < 4.78 is 5.16. The summed E-state index contributed by atoms with van der Waals surface area (Å²) in [7, 11) is 1.67. The highest BCUT2D eigenvalue weighted by molar-refractivity contribution is 5.92. The Morgan fingerprint density at radius 3 is 3.04 bits per heavy atom. The number of hydrogen-bond donors (Lipinski definition) is 1. The van der Waals surface area contributed by atoms with Crippen molar-refractivity contribution in [1.29, 1.82) is 0 Å². The molecule has 1 aliphatic rings. The molecule has 3 heterocycles. The van der Waals surface area contributed by atoms with Crippen LogP contribution in [0.25, 0.3) is 0 Å². The minimum absolute atomic E-state index is 0.221. The largest absolute Gasteiger partial charge is 0.386 e. The van der Waals surface area contributed by atoms with Gasteiger partial charge >= 0.3 is 0 Å². The van der Waals surface area contributed by atoms with Gasteiger partial charge in [0.25, 0.3) is 5.91 Å². The van der Waals surface area contributed by atoms with Gasteiger partial charge in [-0.15, -0.1) is 0 Å². The molecular weight excluding hydrogens is 322 g/mol. The van der Waals surface area contributed by atoms with Crippen LogP contribution in [0.5, 0.6) is 0 Å². The minimum atomic E-state index is -0.988. The predicted octanol–water partition coefficient (Wildman–Crippen LogP) is 1.13. The van der Waals surface area contributed by atoms with Crippen LogP contribution in [0.3, 0.4) is 0 Å². The molecule has 0 spiro atoms. The van der Waals surface area contributed by atoms with Crippen molar-refractivity contribution in [3.8, 4) is 0 Å². The quantitative estimate of drug-likeness (QED) is 0.838. The number of hydrogen-bond acceptors (Lipinski definition) is 7. The number of rotatable bonds is 6. The van der Waals surface area contributed by atoms with Gasteiger partial charge in [0.15, 0.2) is 5.69 Å². The fourth-order valence-electron chi connectivity index (χ4n) is 3.12. The summed E-state index contributed by atoms with van der Waals surface area (Å²) in [4.78, 5) is 24.3. The van der Waals surface area contributed by atoms with Crippen molar-refractivity contribution >= 4 is 11.7 Å². The number of nitrogens with zero attached hydrogens (tertiary/aromatic N) is 5. The molecule has 1 atom stereocenters. The zero-order chi connectivity index (χ0) is 17.9. The van der Waals surface area contributed by atoms with Gasteiger partial charge in [0.2, 0.25) is 0 Å². The maximum atomic E-state index is 12.5. The highest BCUT2D eigenvalue weighted by Crippen LogP contribution is 2.26. The summed E-state index contributed by atoms with van der Waals surface area (Å²) in [6.45, 7) is 3.33. The van der Waals surface area contributed by atoms with Crippen LogP contribution in [-0.4, -0.2) is 63.3 Å². The fraction of sp³-hybridized carbons (Fsp3) is 0.529. The third-order valence-corrected chi connectivity index (χ3v) is 4.36. The molecule has 1 fully saturated rings. The maximum absolute atomic E-state index is 12.5. The Morgan fingerprint density at radius 1 is 1.48 bits per heavy atom. The van der Waals surface area contributed by atoms with Crippen LogP contribution in [0, 0.1) is 0 Å². The first-order valence-electron chi connectivity index (χ1n) is 8.45. The van der Waals surface area contributed by atoms with Crippen molar-refractivity contribution in [2.24, 2.45) is 0 Å². The predicted molar refractivity (Wildman–Crippen MR) is 91.3 cm³/mol. The molecule has 0 bridgehead atoms. The van der Waals surface area contributed by atoms with Gasteiger partial charge in [0, 0.05) is 45.0 Å². The lowest BCUT2D eigenvalue weighted by Gasteiger charge is -2.28. The van der Waals surface area contributed by atoms with Gasteiger partial charge in [-0.05, 0) is 12.8 Å². The molecule has 2 aromatic rings. The fourth-order valence-corrected chi connectivity index (χ4v) is 3.12. The number of β-amino-alcohol motifs (C(OH)–C–C–N with tert-alkyl or cyclic N) is 1. The number of carbonyl (C=O) groups is 1. The molecule has 1 N–H and O–H groups in total. The molecule has 0 aliphatic carbocycles. The average Bonchev–Trinajstić information content (AvgIpc) is 3.22. The number of aromatic nitrogens is 3. The van der Waals surface area contributed by atoms with E-state index >= 15 is 0 Å². The van der Waals surface area contributed by atoms with Crippen LogP contribution in [0.4, 0.5) is 5.82 Å². The number of likely N-dealkylation sites (N-methyl/N-ethyl adjacent to an activating group) is 1. The molecule has 8 nitrogen and oxygen atoms in total. The molecular formula is C17H23N5O3. The van der Waals surface area contributed by atoms with Gasteiger partial charge in [-0.3, -0.25) is 9.78 Å². The van der Waals surface area contributed by atoms with Crippen molar-refractivity contribution < 1.29 is 14.4 Å². The van der Waals surface area contributed by atoms with E-state index in [0.29, 0.717) is 25.3 Å². The smallest absolute Gasteiger partial charge is 0.275 e. The first-order valence-corrected chi connectivity index (χ1v) is 8.45. The maximum Gasteiger partial charge on any atom is 0.275 e. The molecule has 0 unspecified atom stereocenters. The highest BCUT2D eigenvalue weighted by Gasteiger charge is 2.39. The highest BCUT2D eigenvalue weighted by atomic mass is 16.5. The Labute approximate surface area is 146 Å². The van der Waals surface area contributed by atoms with E-state index in [-0.39, 0.29) is 18.1 Å². The SMILES string of the molecule is CCCc1cc(C(=O)N(C)C[C@@]2(O)CCN(c3cnccn3)C2)no1. The zero-order valence-corrected chi connectivity index (χ0v) is 14.6. The number of amides is 1. The second kappa shape index (κ2) is 7.18. The Hall–Kier alpha value is -2.48. The average molecular weight is 345 g/mol. The van der Waals surface area contributed by atoms with E-state index in [1.54, 1.807) is 31.7 Å². The third-order valence-electron chi connectivity index (χ3n) is 4.36. The van der Waals surface area contributed by atoms with Crippen LogP contribution < -0.4 is 4.90 Å². The number of carbonyl (C=O) groups excluding carboxylic acids is 1. The lowest BCUT2D eigenvalue weighted by Crippen LogP contribution is -2.46. The van der Waals surface area contributed by atoms with Crippen molar-refractivity contribution in [3.05, 3.63) is 36.1 Å². The Morgan fingerprint density at radius 2 is 2.32 bits per heavy atom. The number of anilines is 1. The van der Waals surface area contributed by atoms with E-state index in [2.05, 4.69) is 15.1 Å². The Balaban J connectivity index is 1.61. The van der Waals surface area contributed by atoms with E-state index in [9.17, 15) is 9.90 Å². The van der Waals surface area contributed by atoms with Gasteiger partial charge in [-0.1, -0.05) is 12.1 Å². The molecule has 1 saturated heterocycles. The summed E-state index contributed by atoms with van der Waals surface area (Å²) in [5.74, 6) is 1.18. The van der Waals surface area contributed by atoms with Crippen molar-refractivity contribution in [2.45, 2.75) is 31.8 Å². The van der Waals surface area contributed by atoms with Crippen LogP contribution >= 0.6 is 0 Å². The Kier molecular flexibility index (Phi) is 4.98. The van der Waals surface area contributed by atoms with Crippen molar-refractivity contribution in [3.63, 3.8) is 0 Å². The van der Waals surface area contributed by atoms with Crippen molar-refractivity contribution in [2.75, 3.05) is 31.6 Å². The monoisotopic (exact) mass is 345 g/mol. The Bertz CT molecular complexity index is 720. The third kappa shape index (κ3) is 3.96. The molecule has 1 aliphatic heterocycles. The molecule has 134 valence electrons. The van der Waals surface area contributed by atoms with Gasteiger partial charge < -0.3 is 19.4 Å². The molecule has 0 aromatic carbocycles. The van der Waals surface area contributed by atoms with E-state index < -0.39 is 5.60 Å². The van der Waals surface area contributed by atoms with Crippen LogP contribution in [0.2, 0.25) is 0 Å².